The third-order valence-electron chi connectivity index (χ3n) is 2.64. The maximum atomic E-state index is 11.0. The van der Waals surface area contributed by atoms with Crippen molar-refractivity contribution >= 4 is 61.5 Å². The summed E-state index contributed by atoms with van der Waals surface area (Å²) in [5, 5.41) is 14.7. The average molecular weight is 467 g/mol. The van der Waals surface area contributed by atoms with Crippen LogP contribution in [-0.4, -0.2) is 4.92 Å². The van der Waals surface area contributed by atoms with Crippen molar-refractivity contribution in [3.8, 4) is 0 Å². The van der Waals surface area contributed by atoms with Gasteiger partial charge < -0.3 is 5.32 Å². The van der Waals surface area contributed by atoms with Crippen LogP contribution in [0.1, 0.15) is 5.56 Å². The number of hydrogen-bond acceptors (Lipinski definition) is 3. The molecular weight excluding hydrogens is 458 g/mol. The molecule has 1 N–H and O–H groups in total. The van der Waals surface area contributed by atoms with E-state index >= 15 is 0 Å². The molecule has 0 amide bonds. The molecule has 0 radical (unpaired) electrons. The molecule has 0 saturated carbocycles. The summed E-state index contributed by atoms with van der Waals surface area (Å²) in [6, 6.07) is 10.5. The first-order valence-electron chi connectivity index (χ1n) is 5.59. The van der Waals surface area contributed by atoms with Gasteiger partial charge in [-0.3, -0.25) is 10.1 Å². The van der Waals surface area contributed by atoms with Gasteiger partial charge in [0.1, 0.15) is 0 Å². The second-order valence-electron chi connectivity index (χ2n) is 4.01. The zero-order valence-corrected chi connectivity index (χ0v) is 14.6. The predicted molar refractivity (Wildman–Crippen MR) is 92.3 cm³/mol. The highest BCUT2D eigenvalue weighted by Gasteiger charge is 2.13. The standard InChI is InChI=1S/C13H9BrClIN2O2/c14-9-1-4-13(18(19)20)8(5-9)7-17-12-3-2-10(16)6-11(12)15/h1-6,17H,7H2. The summed E-state index contributed by atoms with van der Waals surface area (Å²) < 4.78 is 1.83. The third kappa shape index (κ3) is 3.83. The minimum Gasteiger partial charge on any atom is -0.379 e. The maximum absolute atomic E-state index is 11.0. The molecule has 2 aromatic carbocycles. The Morgan fingerprint density at radius 1 is 1.30 bits per heavy atom. The Balaban J connectivity index is 2.22. The monoisotopic (exact) mass is 466 g/mol. The van der Waals surface area contributed by atoms with Crippen molar-refractivity contribution in [2.75, 3.05) is 5.32 Å². The topological polar surface area (TPSA) is 55.2 Å². The van der Waals surface area contributed by atoms with E-state index in [1.54, 1.807) is 12.1 Å². The first-order chi connectivity index (χ1) is 9.47. The van der Waals surface area contributed by atoms with Crippen LogP contribution in [0.5, 0.6) is 0 Å². The summed E-state index contributed by atoms with van der Waals surface area (Å²) in [5.41, 5.74) is 1.43. The van der Waals surface area contributed by atoms with Crippen LogP contribution in [0.4, 0.5) is 11.4 Å². The Morgan fingerprint density at radius 3 is 2.70 bits per heavy atom. The molecule has 104 valence electrons. The number of nitrogens with one attached hydrogen (secondary N) is 1. The fraction of sp³-hybridized carbons (Fsp3) is 0.0769. The molecule has 2 aromatic rings. The van der Waals surface area contributed by atoms with E-state index in [4.69, 9.17) is 11.6 Å². The number of nitrogens with zero attached hydrogens (tertiary/aromatic N) is 1. The van der Waals surface area contributed by atoms with Gasteiger partial charge in [0.2, 0.25) is 0 Å². The quantitative estimate of drug-likeness (QED) is 0.381. The van der Waals surface area contributed by atoms with Gasteiger partial charge in [0, 0.05) is 26.2 Å². The number of nitro benzene ring substituents is 1. The van der Waals surface area contributed by atoms with Gasteiger partial charge in [-0.2, -0.15) is 0 Å². The van der Waals surface area contributed by atoms with Gasteiger partial charge in [-0.05, 0) is 52.9 Å². The van der Waals surface area contributed by atoms with Crippen LogP contribution in [0.15, 0.2) is 40.9 Å². The van der Waals surface area contributed by atoms with E-state index in [1.165, 1.54) is 6.07 Å². The van der Waals surface area contributed by atoms with Crippen LogP contribution in [0.3, 0.4) is 0 Å². The van der Waals surface area contributed by atoms with Crippen molar-refractivity contribution in [2.24, 2.45) is 0 Å². The minimum atomic E-state index is -0.390. The van der Waals surface area contributed by atoms with Gasteiger partial charge >= 0.3 is 0 Å². The molecule has 4 nitrogen and oxygen atoms in total. The molecule has 0 atom stereocenters. The van der Waals surface area contributed by atoms with E-state index in [1.807, 2.05) is 18.2 Å². The molecule has 0 heterocycles. The Morgan fingerprint density at radius 2 is 2.05 bits per heavy atom. The summed E-state index contributed by atoms with van der Waals surface area (Å²) in [5.74, 6) is 0. The van der Waals surface area contributed by atoms with Crippen LogP contribution in [0, 0.1) is 13.7 Å². The highest BCUT2D eigenvalue weighted by Crippen LogP contribution is 2.27. The Bertz CT molecular complexity index is 667. The van der Waals surface area contributed by atoms with Crippen molar-refractivity contribution < 1.29 is 4.92 Å². The van der Waals surface area contributed by atoms with E-state index in [2.05, 4.69) is 43.8 Å². The number of nitro groups is 1. The van der Waals surface area contributed by atoms with Crippen LogP contribution in [0.25, 0.3) is 0 Å². The van der Waals surface area contributed by atoms with E-state index in [-0.39, 0.29) is 10.6 Å². The van der Waals surface area contributed by atoms with E-state index in [0.717, 1.165) is 13.7 Å². The molecule has 0 spiro atoms. The molecule has 2 rings (SSSR count). The van der Waals surface area contributed by atoms with Crippen molar-refractivity contribution in [1.29, 1.82) is 0 Å². The van der Waals surface area contributed by atoms with E-state index in [0.29, 0.717) is 17.1 Å². The molecule has 0 aliphatic carbocycles. The molecular formula is C13H9BrClIN2O2. The van der Waals surface area contributed by atoms with Gasteiger partial charge in [0.25, 0.3) is 5.69 Å². The van der Waals surface area contributed by atoms with Gasteiger partial charge in [-0.15, -0.1) is 0 Å². The fourth-order valence-corrected chi connectivity index (χ4v) is 3.03. The SMILES string of the molecule is O=[N+]([O-])c1ccc(Br)cc1CNc1ccc(I)cc1Cl. The lowest BCUT2D eigenvalue weighted by atomic mass is 10.2. The third-order valence-corrected chi connectivity index (χ3v) is 4.12. The van der Waals surface area contributed by atoms with Crippen LogP contribution < -0.4 is 5.32 Å². The Kier molecular flexibility index (Phi) is 5.22. The van der Waals surface area contributed by atoms with Gasteiger partial charge in [-0.25, -0.2) is 0 Å². The number of hydrogen-bond donors (Lipinski definition) is 1. The molecule has 0 bridgehead atoms. The second kappa shape index (κ2) is 6.73. The van der Waals surface area contributed by atoms with Crippen LogP contribution in [-0.2, 0) is 6.54 Å². The first kappa shape index (κ1) is 15.5. The highest BCUT2D eigenvalue weighted by atomic mass is 127. The molecule has 0 saturated heterocycles. The summed E-state index contributed by atoms with van der Waals surface area (Å²) in [4.78, 5) is 10.6. The van der Waals surface area contributed by atoms with Crippen molar-refractivity contribution in [3.05, 3.63) is 65.1 Å². The summed E-state index contributed by atoms with van der Waals surface area (Å²) in [6.45, 7) is 0.329. The summed E-state index contributed by atoms with van der Waals surface area (Å²) >= 11 is 11.6. The van der Waals surface area contributed by atoms with Crippen LogP contribution in [0.2, 0.25) is 5.02 Å². The minimum absolute atomic E-state index is 0.0855. The average Bonchev–Trinajstić information content (AvgIpc) is 2.37. The molecule has 7 heteroatoms. The molecule has 0 fully saturated rings. The zero-order valence-electron chi connectivity index (χ0n) is 10.1. The summed E-state index contributed by atoms with van der Waals surface area (Å²) in [6.07, 6.45) is 0. The van der Waals surface area contributed by atoms with Gasteiger partial charge in [0.05, 0.1) is 15.6 Å². The normalized spacial score (nSPS) is 10.3. The number of benzene rings is 2. The second-order valence-corrected chi connectivity index (χ2v) is 6.58. The molecule has 0 aliphatic rings. The van der Waals surface area contributed by atoms with Crippen molar-refractivity contribution in [2.45, 2.75) is 6.54 Å². The van der Waals surface area contributed by atoms with E-state index in [9.17, 15) is 10.1 Å². The fourth-order valence-electron chi connectivity index (χ4n) is 1.70. The molecule has 0 aromatic heterocycles. The molecule has 20 heavy (non-hydrogen) atoms. The first-order valence-corrected chi connectivity index (χ1v) is 7.84. The lowest BCUT2D eigenvalue weighted by Crippen LogP contribution is -2.03. The smallest absolute Gasteiger partial charge is 0.274 e. The summed E-state index contributed by atoms with van der Waals surface area (Å²) in [7, 11) is 0. The number of anilines is 1. The number of rotatable bonds is 4. The van der Waals surface area contributed by atoms with Gasteiger partial charge in [-0.1, -0.05) is 27.5 Å². The molecule has 0 unspecified atom stereocenters. The van der Waals surface area contributed by atoms with Crippen molar-refractivity contribution in [1.82, 2.24) is 0 Å². The van der Waals surface area contributed by atoms with E-state index < -0.39 is 0 Å². The Labute approximate surface area is 142 Å². The Hall–Kier alpha value is -0.860. The van der Waals surface area contributed by atoms with Gasteiger partial charge in [0.15, 0.2) is 0 Å². The number of halogens is 3. The predicted octanol–water partition coefficient (Wildman–Crippen LogP) is 5.23. The van der Waals surface area contributed by atoms with Crippen molar-refractivity contribution in [3.63, 3.8) is 0 Å². The lowest BCUT2D eigenvalue weighted by Gasteiger charge is -2.09. The highest BCUT2D eigenvalue weighted by molar-refractivity contribution is 14.1. The van der Waals surface area contributed by atoms with Crippen LogP contribution >= 0.6 is 50.1 Å². The zero-order chi connectivity index (χ0) is 14.7. The lowest BCUT2D eigenvalue weighted by molar-refractivity contribution is -0.385. The molecule has 0 aliphatic heterocycles. The maximum Gasteiger partial charge on any atom is 0.274 e. The largest absolute Gasteiger partial charge is 0.379 e.